The van der Waals surface area contributed by atoms with Crippen LogP contribution >= 0.6 is 0 Å². The predicted octanol–water partition coefficient (Wildman–Crippen LogP) is 3.98. The van der Waals surface area contributed by atoms with Gasteiger partial charge in [-0.25, -0.2) is 0 Å². The molecule has 2 aliphatic heterocycles. The summed E-state index contributed by atoms with van der Waals surface area (Å²) in [4.78, 5) is 7.42. The highest BCUT2D eigenvalue weighted by atomic mass is 16.5. The number of aromatic nitrogens is 2. The second-order valence-electron chi connectivity index (χ2n) is 7.38. The number of anilines is 2. The molecule has 1 N–H and O–H groups in total. The molecule has 0 aliphatic carbocycles. The van der Waals surface area contributed by atoms with E-state index in [2.05, 4.69) is 58.5 Å². The van der Waals surface area contributed by atoms with Crippen LogP contribution in [0.2, 0.25) is 0 Å². The van der Waals surface area contributed by atoms with Crippen LogP contribution in [0.15, 0.2) is 35.3 Å². The van der Waals surface area contributed by atoms with Gasteiger partial charge in [0, 0.05) is 24.2 Å². The summed E-state index contributed by atoms with van der Waals surface area (Å²) < 4.78 is 5.54. The smallest absolute Gasteiger partial charge is 0.158 e. The molecule has 2 aromatic rings. The number of nitrogens with zero attached hydrogens (tertiary/aromatic N) is 4. The minimum atomic E-state index is 0.0976. The van der Waals surface area contributed by atoms with E-state index in [0.717, 1.165) is 80.6 Å². The Balaban J connectivity index is 1.81. The molecule has 1 atom stereocenters. The molecule has 1 aromatic carbocycles. The maximum absolute atomic E-state index is 5.54. The number of rotatable bonds is 6. The first-order valence-electron chi connectivity index (χ1n) is 10.4. The first kappa shape index (κ1) is 18.9. The van der Waals surface area contributed by atoms with Crippen LogP contribution < -0.4 is 10.2 Å². The summed E-state index contributed by atoms with van der Waals surface area (Å²) in [6.07, 6.45) is 4.02. The first-order valence-corrected chi connectivity index (χ1v) is 10.4. The van der Waals surface area contributed by atoms with Crippen molar-refractivity contribution in [2.45, 2.75) is 45.6 Å². The van der Waals surface area contributed by atoms with E-state index in [1.165, 1.54) is 5.56 Å². The topological polar surface area (TPSA) is 62.6 Å². The van der Waals surface area contributed by atoms with Gasteiger partial charge < -0.3 is 15.0 Å². The van der Waals surface area contributed by atoms with Crippen molar-refractivity contribution in [3.8, 4) is 0 Å². The molecule has 0 saturated carbocycles. The number of amidine groups is 1. The summed E-state index contributed by atoms with van der Waals surface area (Å²) in [5.41, 5.74) is 4.48. The number of fused-ring (bicyclic) bond motifs is 1. The zero-order valence-electron chi connectivity index (χ0n) is 16.8. The number of aliphatic imine (C=N–C) groups is 1. The van der Waals surface area contributed by atoms with Gasteiger partial charge >= 0.3 is 0 Å². The Hall–Kier alpha value is -2.47. The highest BCUT2D eigenvalue weighted by molar-refractivity contribution is 6.10. The monoisotopic (exact) mass is 379 g/mol. The summed E-state index contributed by atoms with van der Waals surface area (Å²) in [5.74, 6) is 1.91. The van der Waals surface area contributed by atoms with Crippen molar-refractivity contribution in [1.82, 2.24) is 10.2 Å². The number of benzene rings is 1. The number of aryl methyl sites for hydroxylation is 1. The lowest BCUT2D eigenvalue weighted by Crippen LogP contribution is -2.38. The van der Waals surface area contributed by atoms with Crippen molar-refractivity contribution in [3.63, 3.8) is 0 Å². The molecule has 148 valence electrons. The highest BCUT2D eigenvalue weighted by Crippen LogP contribution is 2.41. The number of nitrogens with one attached hydrogen (secondary N) is 1. The molecule has 0 bridgehead atoms. The fourth-order valence-corrected chi connectivity index (χ4v) is 3.95. The van der Waals surface area contributed by atoms with Gasteiger partial charge in [-0.2, -0.15) is 5.10 Å². The third-order valence-electron chi connectivity index (χ3n) is 5.33. The molecule has 0 radical (unpaired) electrons. The lowest BCUT2D eigenvalue weighted by atomic mass is 9.96. The van der Waals surface area contributed by atoms with E-state index in [1.807, 2.05) is 6.07 Å². The van der Waals surface area contributed by atoms with E-state index in [9.17, 15) is 0 Å². The van der Waals surface area contributed by atoms with E-state index in [0.29, 0.717) is 0 Å². The molecule has 2 aliphatic rings. The van der Waals surface area contributed by atoms with Gasteiger partial charge in [-0.05, 0) is 12.8 Å². The molecule has 1 fully saturated rings. The highest BCUT2D eigenvalue weighted by Gasteiger charge is 2.31. The van der Waals surface area contributed by atoms with Gasteiger partial charge in [-0.15, -0.1) is 5.10 Å². The largest absolute Gasteiger partial charge is 0.378 e. The Bertz CT molecular complexity index is 830. The van der Waals surface area contributed by atoms with Gasteiger partial charge in [0.1, 0.15) is 5.84 Å². The molecule has 0 spiro atoms. The van der Waals surface area contributed by atoms with Crippen molar-refractivity contribution >= 4 is 17.3 Å². The molecule has 3 heterocycles. The van der Waals surface area contributed by atoms with E-state index in [4.69, 9.17) is 9.73 Å². The molecular formula is C22H29N5O. The summed E-state index contributed by atoms with van der Waals surface area (Å²) in [6.45, 7) is 7.57. The average molecular weight is 380 g/mol. The number of morpholine rings is 1. The van der Waals surface area contributed by atoms with Crippen LogP contribution in [0.3, 0.4) is 0 Å². The van der Waals surface area contributed by atoms with Crippen LogP contribution in [0.4, 0.5) is 11.5 Å². The van der Waals surface area contributed by atoms with Crippen molar-refractivity contribution in [2.75, 3.05) is 36.5 Å². The van der Waals surface area contributed by atoms with Gasteiger partial charge in [0.2, 0.25) is 0 Å². The van der Waals surface area contributed by atoms with Crippen molar-refractivity contribution in [1.29, 1.82) is 0 Å². The lowest BCUT2D eigenvalue weighted by Gasteiger charge is -2.34. The van der Waals surface area contributed by atoms with E-state index in [1.54, 1.807) is 0 Å². The zero-order chi connectivity index (χ0) is 19.3. The Morgan fingerprint density at radius 2 is 1.86 bits per heavy atom. The van der Waals surface area contributed by atoms with E-state index in [-0.39, 0.29) is 6.04 Å². The van der Waals surface area contributed by atoms with Crippen LogP contribution in [0.25, 0.3) is 0 Å². The molecular weight excluding hydrogens is 350 g/mol. The molecule has 1 unspecified atom stereocenters. The first-order chi connectivity index (χ1) is 13.8. The quantitative estimate of drug-likeness (QED) is 0.822. The Kier molecular flexibility index (Phi) is 5.86. The SMILES string of the molecule is CCCc1nnc(N2CCOCC2)c2c1NC(c1ccccc1)=NC2CCC. The fourth-order valence-electron chi connectivity index (χ4n) is 3.95. The molecule has 1 aromatic heterocycles. The molecule has 28 heavy (non-hydrogen) atoms. The zero-order valence-corrected chi connectivity index (χ0v) is 16.8. The van der Waals surface area contributed by atoms with Gasteiger partial charge in [0.15, 0.2) is 5.82 Å². The molecule has 4 rings (SSSR count). The van der Waals surface area contributed by atoms with Gasteiger partial charge in [0.25, 0.3) is 0 Å². The van der Waals surface area contributed by atoms with Crippen LogP contribution in [-0.2, 0) is 11.2 Å². The Morgan fingerprint density at radius 3 is 2.57 bits per heavy atom. The third kappa shape index (κ3) is 3.74. The van der Waals surface area contributed by atoms with Crippen LogP contribution in [-0.4, -0.2) is 42.3 Å². The standard InChI is InChI=1S/C22H29N5O/c1-3-8-17-19-20(24-21(23-17)16-10-6-5-7-11-16)18(9-4-2)25-26-22(19)27-12-14-28-15-13-27/h5-7,10-11,17H,3-4,8-9,12-15H2,1-2H3,(H,23,24). The third-order valence-corrected chi connectivity index (χ3v) is 5.33. The predicted molar refractivity (Wildman–Crippen MR) is 113 cm³/mol. The summed E-state index contributed by atoms with van der Waals surface area (Å²) in [7, 11) is 0. The van der Waals surface area contributed by atoms with E-state index < -0.39 is 0 Å². The minimum Gasteiger partial charge on any atom is -0.378 e. The molecule has 6 heteroatoms. The van der Waals surface area contributed by atoms with Crippen LogP contribution in [0.1, 0.15) is 56.0 Å². The molecule has 1 saturated heterocycles. The van der Waals surface area contributed by atoms with Crippen molar-refractivity contribution in [2.24, 2.45) is 4.99 Å². The van der Waals surface area contributed by atoms with Crippen LogP contribution in [0, 0.1) is 0 Å². The number of ether oxygens (including phenoxy) is 1. The Labute approximate surface area is 167 Å². The van der Waals surface area contributed by atoms with Gasteiger partial charge in [-0.1, -0.05) is 57.0 Å². The van der Waals surface area contributed by atoms with Crippen molar-refractivity contribution in [3.05, 3.63) is 47.2 Å². The van der Waals surface area contributed by atoms with Crippen molar-refractivity contribution < 1.29 is 4.74 Å². The lowest BCUT2D eigenvalue weighted by molar-refractivity contribution is 0.122. The van der Waals surface area contributed by atoms with Gasteiger partial charge in [0.05, 0.1) is 30.6 Å². The summed E-state index contributed by atoms with van der Waals surface area (Å²) in [5, 5.41) is 12.9. The second-order valence-corrected chi connectivity index (χ2v) is 7.38. The summed E-state index contributed by atoms with van der Waals surface area (Å²) in [6, 6.07) is 10.5. The van der Waals surface area contributed by atoms with Crippen LogP contribution in [0.5, 0.6) is 0 Å². The minimum absolute atomic E-state index is 0.0976. The second kappa shape index (κ2) is 8.69. The number of hydrogen-bond acceptors (Lipinski definition) is 6. The maximum Gasteiger partial charge on any atom is 0.158 e. The maximum atomic E-state index is 5.54. The van der Waals surface area contributed by atoms with E-state index >= 15 is 0 Å². The summed E-state index contributed by atoms with van der Waals surface area (Å²) >= 11 is 0. The fraction of sp³-hybridized carbons (Fsp3) is 0.500. The Morgan fingerprint density at radius 1 is 1.07 bits per heavy atom. The number of hydrogen-bond donors (Lipinski definition) is 1. The average Bonchev–Trinajstić information content (AvgIpc) is 2.75. The molecule has 0 amide bonds. The normalized spacial score (nSPS) is 19.0. The molecule has 6 nitrogen and oxygen atoms in total. The van der Waals surface area contributed by atoms with Gasteiger partial charge in [-0.3, -0.25) is 4.99 Å².